The van der Waals surface area contributed by atoms with Gasteiger partial charge in [-0.05, 0) is 36.5 Å². The zero-order valence-electron chi connectivity index (χ0n) is 11.5. The van der Waals surface area contributed by atoms with Gasteiger partial charge in [-0.15, -0.1) is 0 Å². The van der Waals surface area contributed by atoms with Crippen molar-refractivity contribution in [1.29, 1.82) is 0 Å². The second kappa shape index (κ2) is 4.31. The summed E-state index contributed by atoms with van der Waals surface area (Å²) in [6.45, 7) is 5.93. The summed E-state index contributed by atoms with van der Waals surface area (Å²) in [5, 5.41) is 0. The number of carbonyl (C=O) groups excluding carboxylic acids is 1. The van der Waals surface area contributed by atoms with Gasteiger partial charge in [0.1, 0.15) is 5.78 Å². The molecule has 18 heavy (non-hydrogen) atoms. The van der Waals surface area contributed by atoms with E-state index in [1.165, 1.54) is 19.3 Å². The van der Waals surface area contributed by atoms with E-state index in [9.17, 15) is 4.79 Å². The number of fused-ring (bicyclic) bond motifs is 1. The van der Waals surface area contributed by atoms with E-state index in [1.54, 1.807) is 0 Å². The van der Waals surface area contributed by atoms with Crippen LogP contribution in [0.3, 0.4) is 0 Å². The van der Waals surface area contributed by atoms with E-state index in [0.29, 0.717) is 5.78 Å². The van der Waals surface area contributed by atoms with Crippen molar-refractivity contribution in [3.05, 3.63) is 0 Å². The molecule has 2 aliphatic carbocycles. The maximum absolute atomic E-state index is 12.1. The molecular formula is C15H24O3. The summed E-state index contributed by atoms with van der Waals surface area (Å²) in [5.41, 5.74) is 0.460. The molecule has 0 aromatic rings. The second-order valence-corrected chi connectivity index (χ2v) is 6.64. The third kappa shape index (κ3) is 1.67. The minimum absolute atomic E-state index is 0.0212. The van der Waals surface area contributed by atoms with Gasteiger partial charge >= 0.3 is 0 Å². The van der Waals surface area contributed by atoms with Crippen LogP contribution in [0.5, 0.6) is 0 Å². The SMILES string of the molecule is C[C@H]1C(=O)C[C@]2(C)CCC[C@]12CCC1OCCO1. The molecule has 3 nitrogen and oxygen atoms in total. The van der Waals surface area contributed by atoms with Gasteiger partial charge in [-0.1, -0.05) is 20.3 Å². The Labute approximate surface area is 109 Å². The van der Waals surface area contributed by atoms with Crippen LogP contribution in [0, 0.1) is 16.7 Å². The molecule has 1 saturated heterocycles. The van der Waals surface area contributed by atoms with Crippen molar-refractivity contribution >= 4 is 5.78 Å². The van der Waals surface area contributed by atoms with Crippen LogP contribution < -0.4 is 0 Å². The largest absolute Gasteiger partial charge is 0.350 e. The van der Waals surface area contributed by atoms with Crippen molar-refractivity contribution in [2.24, 2.45) is 16.7 Å². The highest BCUT2D eigenvalue weighted by atomic mass is 16.7. The summed E-state index contributed by atoms with van der Waals surface area (Å²) < 4.78 is 11.1. The lowest BCUT2D eigenvalue weighted by molar-refractivity contribution is -0.122. The van der Waals surface area contributed by atoms with E-state index in [0.717, 1.165) is 32.5 Å². The van der Waals surface area contributed by atoms with Gasteiger partial charge in [0.15, 0.2) is 6.29 Å². The van der Waals surface area contributed by atoms with Gasteiger partial charge in [-0.2, -0.15) is 0 Å². The van der Waals surface area contributed by atoms with Gasteiger partial charge in [0.05, 0.1) is 13.2 Å². The van der Waals surface area contributed by atoms with Crippen molar-refractivity contribution in [2.75, 3.05) is 13.2 Å². The highest BCUT2D eigenvalue weighted by molar-refractivity contribution is 5.85. The number of hydrogen-bond donors (Lipinski definition) is 0. The van der Waals surface area contributed by atoms with Crippen molar-refractivity contribution in [1.82, 2.24) is 0 Å². The van der Waals surface area contributed by atoms with E-state index in [-0.39, 0.29) is 23.0 Å². The van der Waals surface area contributed by atoms with E-state index < -0.39 is 0 Å². The van der Waals surface area contributed by atoms with Gasteiger partial charge in [0.2, 0.25) is 0 Å². The molecule has 3 atom stereocenters. The number of hydrogen-bond acceptors (Lipinski definition) is 3. The van der Waals surface area contributed by atoms with Crippen molar-refractivity contribution in [2.45, 2.75) is 58.7 Å². The lowest BCUT2D eigenvalue weighted by Crippen LogP contribution is -2.35. The molecule has 0 bridgehead atoms. The molecule has 0 radical (unpaired) electrons. The topological polar surface area (TPSA) is 35.5 Å². The number of carbonyl (C=O) groups is 1. The molecule has 0 aromatic heterocycles. The summed E-state index contributed by atoms with van der Waals surface area (Å²) >= 11 is 0. The standard InChI is InChI=1S/C15H24O3/c1-11-12(16)10-14(2)5-3-6-15(11,14)7-4-13-17-8-9-18-13/h11,13H,3-10H2,1-2H3/t11-,14-,15-/m0/s1. The fourth-order valence-electron chi connectivity index (χ4n) is 4.79. The highest BCUT2D eigenvalue weighted by Gasteiger charge is 2.61. The fraction of sp³-hybridized carbons (Fsp3) is 0.933. The first-order chi connectivity index (χ1) is 8.57. The number of Topliss-reactive ketones (excluding diaryl/α,β-unsaturated/α-hetero) is 1. The van der Waals surface area contributed by atoms with E-state index in [1.807, 2.05) is 0 Å². The first-order valence-electron chi connectivity index (χ1n) is 7.33. The summed E-state index contributed by atoms with van der Waals surface area (Å²) in [5.74, 6) is 0.705. The Hall–Kier alpha value is -0.410. The van der Waals surface area contributed by atoms with Gasteiger partial charge < -0.3 is 9.47 Å². The third-order valence-electron chi connectivity index (χ3n) is 5.95. The molecule has 3 fully saturated rings. The number of ether oxygens (including phenoxy) is 2. The van der Waals surface area contributed by atoms with E-state index in [2.05, 4.69) is 13.8 Å². The molecule has 3 rings (SSSR count). The third-order valence-corrected chi connectivity index (χ3v) is 5.95. The van der Waals surface area contributed by atoms with Gasteiger partial charge in [-0.25, -0.2) is 0 Å². The van der Waals surface area contributed by atoms with Crippen LogP contribution in [0.4, 0.5) is 0 Å². The van der Waals surface area contributed by atoms with Crippen LogP contribution in [-0.2, 0) is 14.3 Å². The maximum atomic E-state index is 12.1. The predicted molar refractivity (Wildman–Crippen MR) is 68.1 cm³/mol. The fourth-order valence-corrected chi connectivity index (χ4v) is 4.79. The summed E-state index contributed by atoms with van der Waals surface area (Å²) in [4.78, 5) is 12.1. The maximum Gasteiger partial charge on any atom is 0.157 e. The summed E-state index contributed by atoms with van der Waals surface area (Å²) in [7, 11) is 0. The zero-order valence-corrected chi connectivity index (χ0v) is 11.5. The Morgan fingerprint density at radius 2 is 2.00 bits per heavy atom. The normalized spacial score (nSPS) is 44.8. The number of ketones is 1. The van der Waals surface area contributed by atoms with Gasteiger partial charge in [0.25, 0.3) is 0 Å². The highest BCUT2D eigenvalue weighted by Crippen LogP contribution is 2.66. The molecule has 102 valence electrons. The Kier molecular flexibility index (Phi) is 3.02. The minimum Gasteiger partial charge on any atom is -0.350 e. The Bertz CT molecular complexity index is 348. The molecule has 1 heterocycles. The van der Waals surface area contributed by atoms with Gasteiger partial charge in [-0.3, -0.25) is 4.79 Å². The molecular weight excluding hydrogens is 228 g/mol. The van der Waals surface area contributed by atoms with Gasteiger partial charge in [0, 0.05) is 12.3 Å². The van der Waals surface area contributed by atoms with Crippen molar-refractivity contribution in [3.8, 4) is 0 Å². The molecule has 3 aliphatic rings. The summed E-state index contributed by atoms with van der Waals surface area (Å²) in [6.07, 6.45) is 6.51. The lowest BCUT2D eigenvalue weighted by Gasteiger charge is -2.40. The minimum atomic E-state index is -0.0212. The first kappa shape index (κ1) is 12.6. The van der Waals surface area contributed by atoms with E-state index >= 15 is 0 Å². The molecule has 0 spiro atoms. The van der Waals surface area contributed by atoms with Crippen LogP contribution in [-0.4, -0.2) is 25.3 Å². The van der Waals surface area contributed by atoms with E-state index in [4.69, 9.17) is 9.47 Å². The van der Waals surface area contributed by atoms with Crippen LogP contribution in [0.1, 0.15) is 52.4 Å². The monoisotopic (exact) mass is 252 g/mol. The smallest absolute Gasteiger partial charge is 0.157 e. The molecule has 0 aromatic carbocycles. The molecule has 3 heteroatoms. The second-order valence-electron chi connectivity index (χ2n) is 6.64. The molecule has 2 saturated carbocycles. The zero-order chi connectivity index (χ0) is 12.8. The average molecular weight is 252 g/mol. The number of rotatable bonds is 3. The lowest BCUT2D eigenvalue weighted by atomic mass is 9.63. The average Bonchev–Trinajstić information content (AvgIpc) is 2.97. The molecule has 0 amide bonds. The Balaban J connectivity index is 1.75. The molecule has 0 unspecified atom stereocenters. The van der Waals surface area contributed by atoms with Crippen LogP contribution in [0.15, 0.2) is 0 Å². The molecule has 0 N–H and O–H groups in total. The van der Waals surface area contributed by atoms with Crippen molar-refractivity contribution < 1.29 is 14.3 Å². The first-order valence-corrected chi connectivity index (χ1v) is 7.33. The molecule has 1 aliphatic heterocycles. The van der Waals surface area contributed by atoms with Crippen LogP contribution in [0.2, 0.25) is 0 Å². The van der Waals surface area contributed by atoms with Crippen LogP contribution >= 0.6 is 0 Å². The van der Waals surface area contributed by atoms with Crippen molar-refractivity contribution in [3.63, 3.8) is 0 Å². The quantitative estimate of drug-likeness (QED) is 0.774. The van der Waals surface area contributed by atoms with Crippen LogP contribution in [0.25, 0.3) is 0 Å². The summed E-state index contributed by atoms with van der Waals surface area (Å²) in [6, 6.07) is 0. The Morgan fingerprint density at radius 3 is 2.72 bits per heavy atom. The Morgan fingerprint density at radius 1 is 1.28 bits per heavy atom. The predicted octanol–water partition coefficient (Wildman–Crippen LogP) is 2.93.